The molecule has 0 fully saturated rings. The average molecular weight is 287 g/mol. The van der Waals surface area contributed by atoms with Crippen molar-refractivity contribution in [3.63, 3.8) is 0 Å². The Labute approximate surface area is 119 Å². The fourth-order valence-corrected chi connectivity index (χ4v) is 2.40. The lowest BCUT2D eigenvalue weighted by molar-refractivity contribution is 0.103. The Bertz CT molecular complexity index is 677. The zero-order chi connectivity index (χ0) is 14.7. The van der Waals surface area contributed by atoms with E-state index < -0.39 is 8.69 Å². The van der Waals surface area contributed by atoms with Crippen molar-refractivity contribution in [2.24, 2.45) is 0 Å². The van der Waals surface area contributed by atoms with Crippen molar-refractivity contribution in [2.45, 2.75) is 20.8 Å². The lowest BCUT2D eigenvalue weighted by atomic mass is 9.93. The molecule has 0 spiro atoms. The number of rotatable bonds is 4. The Balaban J connectivity index is 2.52. The van der Waals surface area contributed by atoms with E-state index in [2.05, 4.69) is 0 Å². The van der Waals surface area contributed by atoms with E-state index in [1.165, 1.54) is 0 Å². The predicted molar refractivity (Wildman–Crippen MR) is 80.2 cm³/mol. The second kappa shape index (κ2) is 5.98. The van der Waals surface area contributed by atoms with E-state index in [0.29, 0.717) is 16.9 Å². The maximum absolute atomic E-state index is 12.6. The van der Waals surface area contributed by atoms with Crippen LogP contribution in [0.25, 0.3) is 0 Å². The van der Waals surface area contributed by atoms with E-state index in [0.717, 1.165) is 16.7 Å². The summed E-state index contributed by atoms with van der Waals surface area (Å²) in [6.07, 6.45) is 0. The van der Waals surface area contributed by atoms with Crippen LogP contribution in [0.2, 0.25) is 0 Å². The third-order valence-electron chi connectivity index (χ3n) is 3.59. The van der Waals surface area contributed by atoms with Gasteiger partial charge in [0.25, 0.3) is 0 Å². The van der Waals surface area contributed by atoms with Gasteiger partial charge in [-0.1, -0.05) is 24.3 Å². The maximum Gasteiger partial charge on any atom is 0.542 e. The molecule has 4 heteroatoms. The summed E-state index contributed by atoms with van der Waals surface area (Å²) in [6, 6.07) is 10.6. The van der Waals surface area contributed by atoms with E-state index in [-0.39, 0.29) is 5.78 Å². The van der Waals surface area contributed by atoms with Crippen LogP contribution < -0.4 is 4.52 Å². The average Bonchev–Trinajstić information content (AvgIpc) is 2.45. The largest absolute Gasteiger partial charge is 0.542 e. The molecule has 2 aromatic carbocycles. The van der Waals surface area contributed by atoms with Gasteiger partial charge in [0.2, 0.25) is 0 Å². The van der Waals surface area contributed by atoms with E-state index >= 15 is 0 Å². The third kappa shape index (κ3) is 2.63. The molecule has 0 radical (unpaired) electrons. The second-order valence-corrected chi connectivity index (χ2v) is 5.06. The molecule has 2 rings (SSSR count). The highest BCUT2D eigenvalue weighted by molar-refractivity contribution is 7.17. The molecule has 2 aromatic rings. The Morgan fingerprint density at radius 1 is 0.950 bits per heavy atom. The number of hydrogen-bond donors (Lipinski definition) is 0. The van der Waals surface area contributed by atoms with Gasteiger partial charge in [-0.25, -0.2) is 0 Å². The number of aryl methyl sites for hydroxylation is 1. The molecule has 0 aliphatic heterocycles. The van der Waals surface area contributed by atoms with E-state index in [9.17, 15) is 9.36 Å². The van der Waals surface area contributed by atoms with Gasteiger partial charge in [0.1, 0.15) is 0 Å². The van der Waals surface area contributed by atoms with Crippen LogP contribution >= 0.6 is 8.69 Å². The van der Waals surface area contributed by atoms with Gasteiger partial charge in [0, 0.05) is 5.56 Å². The van der Waals surface area contributed by atoms with Crippen LogP contribution in [0.15, 0.2) is 36.4 Å². The Hall–Kier alpha value is -1.99. The van der Waals surface area contributed by atoms with Crippen LogP contribution in [0.3, 0.4) is 0 Å². The van der Waals surface area contributed by atoms with Gasteiger partial charge in [-0.3, -0.25) is 9.32 Å². The van der Waals surface area contributed by atoms with Crippen molar-refractivity contribution >= 4 is 14.5 Å². The summed E-state index contributed by atoms with van der Waals surface area (Å²) < 4.78 is 15.7. The monoisotopic (exact) mass is 287 g/mol. The molecule has 0 saturated carbocycles. The molecular weight excluding hydrogens is 271 g/mol. The lowest BCUT2D eigenvalue weighted by Crippen LogP contribution is -2.06. The number of hydrogen-bond acceptors (Lipinski definition) is 3. The van der Waals surface area contributed by atoms with Crippen LogP contribution in [0.5, 0.6) is 5.75 Å². The summed E-state index contributed by atoms with van der Waals surface area (Å²) in [7, 11) is -0.927. The predicted octanol–water partition coefficient (Wildman–Crippen LogP) is 4.16. The number of carbonyl (C=O) groups is 1. The topological polar surface area (TPSA) is 43.4 Å². The van der Waals surface area contributed by atoms with Gasteiger partial charge in [0.15, 0.2) is 11.5 Å². The highest BCUT2D eigenvalue weighted by Crippen LogP contribution is 2.26. The fourth-order valence-electron chi connectivity index (χ4n) is 2.14. The van der Waals surface area contributed by atoms with Crippen LogP contribution in [0, 0.1) is 20.8 Å². The van der Waals surface area contributed by atoms with Gasteiger partial charge in [-0.2, -0.15) is 0 Å². The normalized spacial score (nSPS) is 10.6. The first-order chi connectivity index (χ1) is 9.56. The van der Waals surface area contributed by atoms with Gasteiger partial charge in [-0.05, 0) is 54.2 Å². The first-order valence-corrected chi connectivity index (χ1v) is 7.12. The first-order valence-electron chi connectivity index (χ1n) is 6.30. The molecule has 0 saturated heterocycles. The number of ketones is 1. The van der Waals surface area contributed by atoms with Crippen LogP contribution in [0.4, 0.5) is 0 Å². The molecule has 1 unspecified atom stereocenters. The molecule has 1 atom stereocenters. The minimum absolute atomic E-state index is 0.112. The molecule has 102 valence electrons. The van der Waals surface area contributed by atoms with E-state index in [1.54, 1.807) is 24.3 Å². The van der Waals surface area contributed by atoms with Crippen LogP contribution in [-0.2, 0) is 4.57 Å². The summed E-state index contributed by atoms with van der Waals surface area (Å²) in [6.45, 7) is 5.96. The Morgan fingerprint density at radius 3 is 2.35 bits per heavy atom. The number of para-hydroxylation sites is 1. The molecule has 0 amide bonds. The molecule has 3 nitrogen and oxygen atoms in total. The highest BCUT2D eigenvalue weighted by atomic mass is 31.1. The third-order valence-corrected chi connectivity index (χ3v) is 3.89. The van der Waals surface area contributed by atoms with Crippen LogP contribution in [0.1, 0.15) is 32.6 Å². The summed E-state index contributed by atoms with van der Waals surface area (Å²) in [5.74, 6) is 0.239. The smallest absolute Gasteiger partial charge is 0.288 e. The highest BCUT2D eigenvalue weighted by Gasteiger charge is 2.19. The van der Waals surface area contributed by atoms with Gasteiger partial charge >= 0.3 is 8.69 Å². The van der Waals surface area contributed by atoms with Crippen molar-refractivity contribution in [3.8, 4) is 5.75 Å². The van der Waals surface area contributed by atoms with Gasteiger partial charge < -0.3 is 0 Å². The Kier molecular flexibility index (Phi) is 4.31. The SMILES string of the molecule is Cc1ccc(C(=O)c2ccccc2O[PH+]=O)c(C)c1C. The Morgan fingerprint density at radius 2 is 1.65 bits per heavy atom. The molecule has 0 N–H and O–H groups in total. The number of carbonyl (C=O) groups excluding carboxylic acids is 1. The first kappa shape index (κ1) is 14.4. The maximum atomic E-state index is 12.6. The van der Waals surface area contributed by atoms with E-state index in [1.807, 2.05) is 32.9 Å². The molecule has 20 heavy (non-hydrogen) atoms. The minimum Gasteiger partial charge on any atom is -0.288 e. The van der Waals surface area contributed by atoms with Gasteiger partial charge in [-0.15, -0.1) is 0 Å². The number of benzene rings is 2. The zero-order valence-corrected chi connectivity index (χ0v) is 12.7. The second-order valence-electron chi connectivity index (χ2n) is 4.69. The van der Waals surface area contributed by atoms with Crippen molar-refractivity contribution in [1.82, 2.24) is 0 Å². The molecule has 0 bridgehead atoms. The van der Waals surface area contributed by atoms with Crippen molar-refractivity contribution < 1.29 is 13.9 Å². The summed E-state index contributed by atoms with van der Waals surface area (Å²) >= 11 is 0. The molecular formula is C16H16O3P+. The summed E-state index contributed by atoms with van der Waals surface area (Å²) in [5, 5.41) is 0. The molecule has 0 aromatic heterocycles. The van der Waals surface area contributed by atoms with Crippen molar-refractivity contribution in [1.29, 1.82) is 0 Å². The summed E-state index contributed by atoms with van der Waals surface area (Å²) in [5.41, 5.74) is 4.32. The fraction of sp³-hybridized carbons (Fsp3) is 0.188. The quantitative estimate of drug-likeness (QED) is 0.626. The lowest BCUT2D eigenvalue weighted by Gasteiger charge is -2.11. The molecule has 0 aliphatic rings. The standard InChI is InChI=1S/C16H16O3P/c1-10-8-9-13(12(3)11(10)2)16(17)14-6-4-5-7-15(14)19-20-18/h4-9,20H,1-3H3/q+1. The van der Waals surface area contributed by atoms with Gasteiger partial charge in [0.05, 0.1) is 5.56 Å². The molecule has 0 aliphatic carbocycles. The van der Waals surface area contributed by atoms with Crippen LogP contribution in [-0.4, -0.2) is 5.78 Å². The van der Waals surface area contributed by atoms with Crippen molar-refractivity contribution in [2.75, 3.05) is 0 Å². The summed E-state index contributed by atoms with van der Waals surface area (Å²) in [4.78, 5) is 12.6. The molecule has 0 heterocycles. The zero-order valence-electron chi connectivity index (χ0n) is 11.7. The van der Waals surface area contributed by atoms with Crippen molar-refractivity contribution in [3.05, 3.63) is 64.2 Å². The van der Waals surface area contributed by atoms with E-state index in [4.69, 9.17) is 4.52 Å². The minimum atomic E-state index is -0.927.